The van der Waals surface area contributed by atoms with Crippen LogP contribution in [-0.4, -0.2) is 64.9 Å². The smallest absolute Gasteiger partial charge is 0.239 e. The van der Waals surface area contributed by atoms with Gasteiger partial charge in [0.1, 0.15) is 0 Å². The molecule has 2 N–H and O–H groups in total. The largest absolute Gasteiger partial charge is 0.339 e. The van der Waals surface area contributed by atoms with Crippen LogP contribution < -0.4 is 5.73 Å². The number of aromatic nitrogens is 1. The molecule has 1 aromatic heterocycles. The highest BCUT2D eigenvalue weighted by Crippen LogP contribution is 2.10. The van der Waals surface area contributed by atoms with Crippen molar-refractivity contribution < 1.29 is 4.79 Å². The maximum absolute atomic E-state index is 12.2. The van der Waals surface area contributed by atoms with E-state index in [1.165, 1.54) is 5.56 Å². The molecule has 124 valence electrons. The number of piperazine rings is 1. The molecule has 0 bridgehead atoms. The molecule has 7 heteroatoms. The van der Waals surface area contributed by atoms with Gasteiger partial charge in [-0.1, -0.05) is 0 Å². The summed E-state index contributed by atoms with van der Waals surface area (Å²) in [5, 5.41) is 0. The van der Waals surface area contributed by atoms with E-state index in [0.29, 0.717) is 0 Å². The van der Waals surface area contributed by atoms with Gasteiger partial charge in [-0.2, -0.15) is 11.8 Å². The first-order chi connectivity index (χ1) is 10.2. The van der Waals surface area contributed by atoms with E-state index in [4.69, 9.17) is 5.73 Å². The van der Waals surface area contributed by atoms with Gasteiger partial charge in [0, 0.05) is 45.1 Å². The Morgan fingerprint density at radius 3 is 2.55 bits per heavy atom. The standard InChI is InChI=1S/C15H24N4OS.ClH/c1-21-11-4-14(16)15(20)19-9-7-18(8-10-19)12-13-2-5-17-6-3-13;/h2-3,5-6,14H,4,7-12,16H2,1H3;1H/t14-;/m0./s1. The van der Waals surface area contributed by atoms with E-state index in [1.54, 1.807) is 11.8 Å². The topological polar surface area (TPSA) is 62.5 Å². The van der Waals surface area contributed by atoms with Gasteiger partial charge in [0.15, 0.2) is 0 Å². The number of nitrogens with two attached hydrogens (primary N) is 1. The molecule has 0 aliphatic carbocycles. The van der Waals surface area contributed by atoms with Crippen molar-refractivity contribution in [3.63, 3.8) is 0 Å². The number of hydrogen-bond donors (Lipinski definition) is 1. The maximum Gasteiger partial charge on any atom is 0.239 e. The lowest BCUT2D eigenvalue weighted by Crippen LogP contribution is -2.53. The molecule has 0 unspecified atom stereocenters. The fraction of sp³-hybridized carbons (Fsp3) is 0.600. The highest BCUT2D eigenvalue weighted by molar-refractivity contribution is 7.98. The maximum atomic E-state index is 12.2. The molecular formula is C15H25ClN4OS. The summed E-state index contributed by atoms with van der Waals surface area (Å²) in [6.45, 7) is 4.28. The number of nitrogens with zero attached hydrogens (tertiary/aromatic N) is 3. The molecule has 1 aliphatic rings. The fourth-order valence-electron chi connectivity index (χ4n) is 2.48. The van der Waals surface area contributed by atoms with E-state index in [-0.39, 0.29) is 24.4 Å². The zero-order chi connectivity index (χ0) is 15.1. The first kappa shape index (κ1) is 19.2. The van der Waals surface area contributed by atoms with E-state index in [0.717, 1.165) is 44.9 Å². The molecule has 1 saturated heterocycles. The normalized spacial score (nSPS) is 16.9. The number of carbonyl (C=O) groups excluding carboxylic acids is 1. The average Bonchev–Trinajstić information content (AvgIpc) is 2.53. The molecule has 1 amide bonds. The zero-order valence-electron chi connectivity index (χ0n) is 13.0. The van der Waals surface area contributed by atoms with E-state index in [2.05, 4.69) is 9.88 Å². The van der Waals surface area contributed by atoms with Gasteiger partial charge in [0.05, 0.1) is 6.04 Å². The van der Waals surface area contributed by atoms with Gasteiger partial charge in [-0.3, -0.25) is 14.7 Å². The summed E-state index contributed by atoms with van der Waals surface area (Å²) >= 11 is 1.73. The Morgan fingerprint density at radius 1 is 1.32 bits per heavy atom. The Hall–Kier alpha value is -0.820. The second kappa shape index (κ2) is 10.0. The van der Waals surface area contributed by atoms with Crippen molar-refractivity contribution in [2.24, 2.45) is 5.73 Å². The third-order valence-corrected chi connectivity index (χ3v) is 4.43. The Labute approximate surface area is 143 Å². The predicted octanol–water partition coefficient (Wildman–Crippen LogP) is 1.23. The van der Waals surface area contributed by atoms with Crippen LogP contribution in [-0.2, 0) is 11.3 Å². The third-order valence-electron chi connectivity index (χ3n) is 3.79. The van der Waals surface area contributed by atoms with Crippen LogP contribution in [0.5, 0.6) is 0 Å². The SMILES string of the molecule is CSCC[C@H](N)C(=O)N1CCN(Cc2ccncc2)CC1.Cl. The molecule has 0 saturated carbocycles. The number of amides is 1. The second-order valence-corrected chi connectivity index (χ2v) is 6.33. The molecule has 0 spiro atoms. The quantitative estimate of drug-likeness (QED) is 0.841. The first-order valence-corrected chi connectivity index (χ1v) is 8.74. The molecule has 1 fully saturated rings. The summed E-state index contributed by atoms with van der Waals surface area (Å²) in [4.78, 5) is 20.5. The number of thioether (sulfide) groups is 1. The first-order valence-electron chi connectivity index (χ1n) is 7.35. The molecule has 1 aromatic rings. The monoisotopic (exact) mass is 344 g/mol. The van der Waals surface area contributed by atoms with Crippen LogP contribution in [0.1, 0.15) is 12.0 Å². The van der Waals surface area contributed by atoms with Crippen LogP contribution in [0.15, 0.2) is 24.5 Å². The Balaban J connectivity index is 0.00000242. The lowest BCUT2D eigenvalue weighted by molar-refractivity contribution is -0.134. The predicted molar refractivity (Wildman–Crippen MR) is 94.3 cm³/mol. The van der Waals surface area contributed by atoms with E-state index >= 15 is 0 Å². The number of hydrogen-bond acceptors (Lipinski definition) is 5. The minimum Gasteiger partial charge on any atom is -0.339 e. The van der Waals surface area contributed by atoms with Crippen molar-refractivity contribution in [3.05, 3.63) is 30.1 Å². The molecule has 2 heterocycles. The van der Waals surface area contributed by atoms with Gasteiger partial charge in [-0.15, -0.1) is 12.4 Å². The Bertz CT molecular complexity index is 440. The van der Waals surface area contributed by atoms with Gasteiger partial charge in [-0.05, 0) is 36.1 Å². The van der Waals surface area contributed by atoms with E-state index in [1.807, 2.05) is 35.7 Å². The molecule has 0 aromatic carbocycles. The van der Waals surface area contributed by atoms with Crippen LogP contribution in [0, 0.1) is 0 Å². The summed E-state index contributed by atoms with van der Waals surface area (Å²) in [5.41, 5.74) is 7.23. The molecule has 1 atom stereocenters. The van der Waals surface area contributed by atoms with Crippen molar-refractivity contribution in [1.82, 2.24) is 14.8 Å². The summed E-state index contributed by atoms with van der Waals surface area (Å²) in [7, 11) is 0. The highest BCUT2D eigenvalue weighted by Gasteiger charge is 2.24. The molecule has 1 aliphatic heterocycles. The molecule has 2 rings (SSSR count). The van der Waals surface area contributed by atoms with Crippen LogP contribution >= 0.6 is 24.2 Å². The van der Waals surface area contributed by atoms with Crippen molar-refractivity contribution in [1.29, 1.82) is 0 Å². The Kier molecular flexibility index (Phi) is 8.78. The van der Waals surface area contributed by atoms with E-state index < -0.39 is 0 Å². The summed E-state index contributed by atoms with van der Waals surface area (Å²) in [6.07, 6.45) is 6.44. The third kappa shape index (κ3) is 5.76. The molecule has 22 heavy (non-hydrogen) atoms. The summed E-state index contributed by atoms with van der Waals surface area (Å²) in [5.74, 6) is 1.04. The molecular weight excluding hydrogens is 320 g/mol. The summed E-state index contributed by atoms with van der Waals surface area (Å²) < 4.78 is 0. The van der Waals surface area contributed by atoms with Gasteiger partial charge < -0.3 is 10.6 Å². The van der Waals surface area contributed by atoms with Gasteiger partial charge in [-0.25, -0.2) is 0 Å². The van der Waals surface area contributed by atoms with Crippen molar-refractivity contribution in [2.45, 2.75) is 19.0 Å². The van der Waals surface area contributed by atoms with Gasteiger partial charge >= 0.3 is 0 Å². The number of halogens is 1. The van der Waals surface area contributed by atoms with Crippen LogP contribution in [0.3, 0.4) is 0 Å². The number of pyridine rings is 1. The van der Waals surface area contributed by atoms with Crippen molar-refractivity contribution in [2.75, 3.05) is 38.2 Å². The minimum absolute atomic E-state index is 0. The summed E-state index contributed by atoms with van der Waals surface area (Å²) in [6, 6.07) is 3.73. The fourth-order valence-corrected chi connectivity index (χ4v) is 2.97. The lowest BCUT2D eigenvalue weighted by atomic mass is 10.2. The number of carbonyl (C=O) groups is 1. The van der Waals surface area contributed by atoms with Gasteiger partial charge in [0.2, 0.25) is 5.91 Å². The van der Waals surface area contributed by atoms with Gasteiger partial charge in [0.25, 0.3) is 0 Å². The minimum atomic E-state index is -0.343. The van der Waals surface area contributed by atoms with Crippen molar-refractivity contribution >= 4 is 30.1 Å². The lowest BCUT2D eigenvalue weighted by Gasteiger charge is -2.35. The number of rotatable bonds is 6. The average molecular weight is 345 g/mol. The highest BCUT2D eigenvalue weighted by atomic mass is 35.5. The van der Waals surface area contributed by atoms with Crippen molar-refractivity contribution in [3.8, 4) is 0 Å². The molecule has 5 nitrogen and oxygen atoms in total. The van der Waals surface area contributed by atoms with Crippen LogP contribution in [0.2, 0.25) is 0 Å². The van der Waals surface area contributed by atoms with E-state index in [9.17, 15) is 4.79 Å². The van der Waals surface area contributed by atoms with Crippen LogP contribution in [0.25, 0.3) is 0 Å². The zero-order valence-corrected chi connectivity index (χ0v) is 14.6. The Morgan fingerprint density at radius 2 is 1.95 bits per heavy atom. The van der Waals surface area contributed by atoms with Crippen LogP contribution in [0.4, 0.5) is 0 Å². The molecule has 0 radical (unpaired) electrons. The second-order valence-electron chi connectivity index (χ2n) is 5.34.